The average Bonchev–Trinajstić information content (AvgIpc) is 2.16. The summed E-state index contributed by atoms with van der Waals surface area (Å²) >= 11 is 0. The average molecular weight is 176 g/mol. The van der Waals surface area contributed by atoms with Crippen molar-refractivity contribution in [2.45, 2.75) is 13.1 Å². The molecule has 1 aromatic rings. The number of carbonyl (C=O) groups excluding carboxylic acids is 1. The van der Waals surface area contributed by atoms with Crippen molar-refractivity contribution in [2.75, 3.05) is 7.05 Å². The van der Waals surface area contributed by atoms with Crippen LogP contribution in [0.15, 0.2) is 29.3 Å². The maximum absolute atomic E-state index is 9.88. The van der Waals surface area contributed by atoms with Gasteiger partial charge in [0.1, 0.15) is 0 Å². The quantitative estimate of drug-likeness (QED) is 0.554. The Morgan fingerprint density at radius 1 is 1.46 bits per heavy atom. The standard InChI is InChI=1S/C10H12N2O/c1-11-6-9-3-2-4-10(5-9)7-12-8-13/h2-5,11H,6-7H2,1H3. The fourth-order valence-corrected chi connectivity index (χ4v) is 1.17. The predicted octanol–water partition coefficient (Wildman–Crippen LogP) is 1.24. The molecule has 0 saturated carbocycles. The number of benzene rings is 1. The normalized spacial score (nSPS) is 9.31. The van der Waals surface area contributed by atoms with Crippen LogP contribution in [0.25, 0.3) is 0 Å². The van der Waals surface area contributed by atoms with Crippen LogP contribution in [0.1, 0.15) is 11.1 Å². The second-order valence-corrected chi connectivity index (χ2v) is 2.76. The third-order valence-corrected chi connectivity index (χ3v) is 1.70. The van der Waals surface area contributed by atoms with E-state index in [0.717, 1.165) is 12.1 Å². The molecule has 0 atom stereocenters. The lowest BCUT2D eigenvalue weighted by Gasteiger charge is -2.01. The summed E-state index contributed by atoms with van der Waals surface area (Å²) < 4.78 is 0. The summed E-state index contributed by atoms with van der Waals surface area (Å²) in [4.78, 5) is 13.4. The number of hydrogen-bond acceptors (Lipinski definition) is 3. The van der Waals surface area contributed by atoms with Gasteiger partial charge in [0.05, 0.1) is 6.54 Å². The third kappa shape index (κ3) is 3.20. The van der Waals surface area contributed by atoms with E-state index in [9.17, 15) is 4.79 Å². The highest BCUT2D eigenvalue weighted by atomic mass is 16.1. The van der Waals surface area contributed by atoms with E-state index in [1.54, 1.807) is 0 Å². The molecule has 0 aliphatic carbocycles. The maximum atomic E-state index is 9.88. The molecule has 13 heavy (non-hydrogen) atoms. The summed E-state index contributed by atoms with van der Waals surface area (Å²) in [6.07, 6.45) is 1.53. The molecule has 0 aliphatic rings. The highest BCUT2D eigenvalue weighted by Gasteiger charge is 1.93. The van der Waals surface area contributed by atoms with Crippen molar-refractivity contribution < 1.29 is 4.79 Å². The van der Waals surface area contributed by atoms with Crippen LogP contribution in [0.2, 0.25) is 0 Å². The first-order chi connectivity index (χ1) is 6.36. The van der Waals surface area contributed by atoms with Gasteiger partial charge in [-0.15, -0.1) is 0 Å². The number of rotatable bonds is 4. The zero-order valence-corrected chi connectivity index (χ0v) is 7.58. The van der Waals surface area contributed by atoms with Gasteiger partial charge in [-0.2, -0.15) is 0 Å². The largest absolute Gasteiger partial charge is 0.316 e. The van der Waals surface area contributed by atoms with Crippen LogP contribution in [0.3, 0.4) is 0 Å². The van der Waals surface area contributed by atoms with Crippen LogP contribution in [0.4, 0.5) is 0 Å². The Labute approximate surface area is 77.5 Å². The molecule has 0 unspecified atom stereocenters. The number of hydrogen-bond donors (Lipinski definition) is 1. The molecular formula is C10H12N2O. The number of aliphatic imine (C=N–C) groups is 1. The van der Waals surface area contributed by atoms with Crippen molar-refractivity contribution in [1.82, 2.24) is 5.32 Å². The van der Waals surface area contributed by atoms with E-state index in [1.807, 2.05) is 31.3 Å². The molecule has 1 aromatic carbocycles. The summed E-state index contributed by atoms with van der Waals surface area (Å²) in [6, 6.07) is 7.96. The van der Waals surface area contributed by atoms with Crippen molar-refractivity contribution in [3.8, 4) is 0 Å². The molecule has 0 radical (unpaired) electrons. The van der Waals surface area contributed by atoms with Crippen molar-refractivity contribution in [3.63, 3.8) is 0 Å². The smallest absolute Gasteiger partial charge is 0.235 e. The minimum Gasteiger partial charge on any atom is -0.316 e. The fraction of sp³-hybridized carbons (Fsp3) is 0.300. The molecule has 1 rings (SSSR count). The first kappa shape index (κ1) is 9.65. The minimum absolute atomic E-state index is 0.418. The summed E-state index contributed by atoms with van der Waals surface area (Å²) in [6.45, 7) is 1.25. The van der Waals surface area contributed by atoms with E-state index in [-0.39, 0.29) is 0 Å². The SMILES string of the molecule is CNCc1cccc(CN=C=O)c1. The summed E-state index contributed by atoms with van der Waals surface area (Å²) in [5.41, 5.74) is 2.23. The first-order valence-corrected chi connectivity index (χ1v) is 4.13. The lowest BCUT2D eigenvalue weighted by molar-refractivity contribution is 0.563. The molecule has 0 spiro atoms. The zero-order chi connectivity index (χ0) is 9.52. The molecule has 68 valence electrons. The fourth-order valence-electron chi connectivity index (χ4n) is 1.17. The van der Waals surface area contributed by atoms with Crippen LogP contribution in [-0.4, -0.2) is 13.1 Å². The molecular weight excluding hydrogens is 164 g/mol. The Kier molecular flexibility index (Phi) is 3.89. The number of nitrogens with zero attached hydrogens (tertiary/aromatic N) is 1. The first-order valence-electron chi connectivity index (χ1n) is 4.13. The molecule has 0 heterocycles. The molecule has 3 heteroatoms. The van der Waals surface area contributed by atoms with E-state index in [0.29, 0.717) is 6.54 Å². The number of isocyanates is 1. The van der Waals surface area contributed by atoms with Crippen molar-refractivity contribution in [1.29, 1.82) is 0 Å². The van der Waals surface area contributed by atoms with Crippen molar-refractivity contribution in [3.05, 3.63) is 35.4 Å². The Bertz CT molecular complexity index is 316. The Morgan fingerprint density at radius 3 is 2.92 bits per heavy atom. The lowest BCUT2D eigenvalue weighted by atomic mass is 10.1. The van der Waals surface area contributed by atoms with Gasteiger partial charge >= 0.3 is 0 Å². The van der Waals surface area contributed by atoms with Gasteiger partial charge in [0.25, 0.3) is 0 Å². The van der Waals surface area contributed by atoms with Crippen LogP contribution in [-0.2, 0) is 17.9 Å². The minimum atomic E-state index is 0.418. The van der Waals surface area contributed by atoms with Gasteiger partial charge in [0.15, 0.2) is 0 Å². The van der Waals surface area contributed by atoms with Crippen molar-refractivity contribution >= 4 is 6.08 Å². The van der Waals surface area contributed by atoms with Gasteiger partial charge in [-0.3, -0.25) is 0 Å². The highest BCUT2D eigenvalue weighted by Crippen LogP contribution is 2.05. The Morgan fingerprint density at radius 2 is 2.23 bits per heavy atom. The molecule has 0 aliphatic heterocycles. The highest BCUT2D eigenvalue weighted by molar-refractivity contribution is 5.34. The van der Waals surface area contributed by atoms with Gasteiger partial charge in [0.2, 0.25) is 6.08 Å². The van der Waals surface area contributed by atoms with Crippen LogP contribution >= 0.6 is 0 Å². The van der Waals surface area contributed by atoms with Gasteiger partial charge < -0.3 is 5.32 Å². The van der Waals surface area contributed by atoms with E-state index in [4.69, 9.17) is 0 Å². The van der Waals surface area contributed by atoms with E-state index >= 15 is 0 Å². The van der Waals surface area contributed by atoms with Gasteiger partial charge in [0, 0.05) is 6.54 Å². The molecule has 1 N–H and O–H groups in total. The topological polar surface area (TPSA) is 41.5 Å². The van der Waals surface area contributed by atoms with E-state index in [1.165, 1.54) is 11.6 Å². The van der Waals surface area contributed by atoms with Crippen LogP contribution < -0.4 is 5.32 Å². The Balaban J connectivity index is 2.72. The maximum Gasteiger partial charge on any atom is 0.235 e. The summed E-state index contributed by atoms with van der Waals surface area (Å²) in [5.74, 6) is 0. The second kappa shape index (κ2) is 5.25. The monoisotopic (exact) mass is 176 g/mol. The van der Waals surface area contributed by atoms with Gasteiger partial charge in [-0.05, 0) is 18.2 Å². The third-order valence-electron chi connectivity index (χ3n) is 1.70. The van der Waals surface area contributed by atoms with Crippen molar-refractivity contribution in [2.24, 2.45) is 4.99 Å². The number of nitrogens with one attached hydrogen (secondary N) is 1. The molecule has 0 aromatic heterocycles. The van der Waals surface area contributed by atoms with Crippen LogP contribution in [0.5, 0.6) is 0 Å². The summed E-state index contributed by atoms with van der Waals surface area (Å²) in [5, 5.41) is 3.06. The lowest BCUT2D eigenvalue weighted by Crippen LogP contribution is -2.04. The predicted molar refractivity (Wildman–Crippen MR) is 51.0 cm³/mol. The van der Waals surface area contributed by atoms with E-state index in [2.05, 4.69) is 10.3 Å². The molecule has 0 saturated heterocycles. The zero-order valence-electron chi connectivity index (χ0n) is 7.58. The molecule has 3 nitrogen and oxygen atoms in total. The molecule has 0 fully saturated rings. The van der Waals surface area contributed by atoms with Gasteiger partial charge in [-0.1, -0.05) is 24.3 Å². The molecule has 0 bridgehead atoms. The molecule has 0 amide bonds. The van der Waals surface area contributed by atoms with Gasteiger partial charge in [-0.25, -0.2) is 9.79 Å². The Hall–Kier alpha value is -1.44. The van der Waals surface area contributed by atoms with Crippen LogP contribution in [0, 0.1) is 0 Å². The van der Waals surface area contributed by atoms with E-state index < -0.39 is 0 Å². The second-order valence-electron chi connectivity index (χ2n) is 2.76. The summed E-state index contributed by atoms with van der Waals surface area (Å²) in [7, 11) is 1.90.